The fourth-order valence-electron chi connectivity index (χ4n) is 8.04. The standard InChI is InChI=1S/C56H39N/c1-3-12-40(13-4-1)48-20-11-21-49(36-48)43-26-31-53(32-27-43)57(54-33-28-44(29-34-54)50-24-22-41-14-7-9-18-46(41)37-50)56-39-52(30-35-55(56)45-16-5-2-6-17-45)51-25-23-42-15-8-10-19-47(42)38-51/h1-39H. The smallest absolute Gasteiger partial charge is 0.0546 e. The van der Waals surface area contributed by atoms with E-state index < -0.39 is 0 Å². The van der Waals surface area contributed by atoms with E-state index in [0.717, 1.165) is 17.1 Å². The highest BCUT2D eigenvalue weighted by molar-refractivity contribution is 5.94. The summed E-state index contributed by atoms with van der Waals surface area (Å²) in [4.78, 5) is 2.42. The van der Waals surface area contributed by atoms with Gasteiger partial charge in [0.1, 0.15) is 0 Å². The molecule has 0 saturated carbocycles. The number of benzene rings is 10. The second-order valence-electron chi connectivity index (χ2n) is 14.6. The van der Waals surface area contributed by atoms with Gasteiger partial charge in [-0.15, -0.1) is 0 Å². The lowest BCUT2D eigenvalue weighted by molar-refractivity contribution is 1.28. The van der Waals surface area contributed by atoms with Crippen molar-refractivity contribution in [1.82, 2.24) is 0 Å². The molecule has 1 nitrogen and oxygen atoms in total. The lowest BCUT2D eigenvalue weighted by atomic mass is 9.95. The molecule has 0 aliphatic carbocycles. The number of hydrogen-bond acceptors (Lipinski definition) is 1. The third kappa shape index (κ3) is 6.88. The van der Waals surface area contributed by atoms with Gasteiger partial charge >= 0.3 is 0 Å². The van der Waals surface area contributed by atoms with E-state index in [4.69, 9.17) is 0 Å². The molecule has 0 bridgehead atoms. The summed E-state index contributed by atoms with van der Waals surface area (Å²) in [6.07, 6.45) is 0. The van der Waals surface area contributed by atoms with E-state index >= 15 is 0 Å². The molecule has 0 aliphatic rings. The van der Waals surface area contributed by atoms with Crippen molar-refractivity contribution in [2.24, 2.45) is 0 Å². The van der Waals surface area contributed by atoms with Crippen molar-refractivity contribution in [3.05, 3.63) is 237 Å². The maximum absolute atomic E-state index is 2.42. The normalized spacial score (nSPS) is 11.2. The molecule has 0 aliphatic heterocycles. The average Bonchev–Trinajstić information content (AvgIpc) is 3.30. The van der Waals surface area contributed by atoms with E-state index in [1.165, 1.54) is 77.2 Å². The van der Waals surface area contributed by atoms with Gasteiger partial charge in [0.15, 0.2) is 0 Å². The Morgan fingerprint density at radius 1 is 0.211 bits per heavy atom. The monoisotopic (exact) mass is 725 g/mol. The lowest BCUT2D eigenvalue weighted by Gasteiger charge is -2.29. The quantitative estimate of drug-likeness (QED) is 0.151. The lowest BCUT2D eigenvalue weighted by Crippen LogP contribution is -2.11. The zero-order valence-corrected chi connectivity index (χ0v) is 31.5. The van der Waals surface area contributed by atoms with Crippen LogP contribution in [0, 0.1) is 0 Å². The van der Waals surface area contributed by atoms with Crippen LogP contribution in [0.25, 0.3) is 77.2 Å². The van der Waals surface area contributed by atoms with E-state index in [2.05, 4.69) is 241 Å². The Bertz CT molecular complexity index is 2980. The molecule has 57 heavy (non-hydrogen) atoms. The Kier molecular flexibility index (Phi) is 8.95. The molecule has 0 heterocycles. The summed E-state index contributed by atoms with van der Waals surface area (Å²) in [5.41, 5.74) is 15.2. The molecule has 0 spiro atoms. The minimum absolute atomic E-state index is 1.09. The molecule has 0 amide bonds. The molecule has 0 unspecified atom stereocenters. The fourth-order valence-corrected chi connectivity index (χ4v) is 8.04. The van der Waals surface area contributed by atoms with Gasteiger partial charge in [-0.2, -0.15) is 0 Å². The zero-order chi connectivity index (χ0) is 38.0. The molecule has 268 valence electrons. The van der Waals surface area contributed by atoms with Crippen LogP contribution >= 0.6 is 0 Å². The molecular weight excluding hydrogens is 687 g/mol. The molecule has 0 aromatic heterocycles. The highest BCUT2D eigenvalue weighted by Crippen LogP contribution is 2.44. The molecule has 10 aromatic rings. The first kappa shape index (κ1) is 34.0. The first-order valence-corrected chi connectivity index (χ1v) is 19.6. The summed E-state index contributed by atoms with van der Waals surface area (Å²) in [5, 5.41) is 4.97. The number of hydrogen-bond donors (Lipinski definition) is 0. The van der Waals surface area contributed by atoms with Gasteiger partial charge in [-0.3, -0.25) is 0 Å². The van der Waals surface area contributed by atoms with Crippen molar-refractivity contribution in [3.63, 3.8) is 0 Å². The number of rotatable bonds is 8. The summed E-state index contributed by atoms with van der Waals surface area (Å²) in [5.74, 6) is 0. The van der Waals surface area contributed by atoms with Crippen LogP contribution in [-0.4, -0.2) is 0 Å². The molecule has 0 N–H and O–H groups in total. The first-order chi connectivity index (χ1) is 28.2. The van der Waals surface area contributed by atoms with Gasteiger partial charge in [-0.1, -0.05) is 188 Å². The van der Waals surface area contributed by atoms with Gasteiger partial charge in [0, 0.05) is 16.9 Å². The van der Waals surface area contributed by atoms with Crippen LogP contribution in [0.5, 0.6) is 0 Å². The molecular formula is C56H39N. The van der Waals surface area contributed by atoms with E-state index in [1.807, 2.05) is 0 Å². The third-order valence-corrected chi connectivity index (χ3v) is 11.0. The van der Waals surface area contributed by atoms with Gasteiger partial charge < -0.3 is 4.90 Å². The molecule has 0 radical (unpaired) electrons. The van der Waals surface area contributed by atoms with Crippen LogP contribution in [0.4, 0.5) is 17.1 Å². The number of fused-ring (bicyclic) bond motifs is 2. The summed E-state index contributed by atoms with van der Waals surface area (Å²) in [6.45, 7) is 0. The number of nitrogens with zero attached hydrogens (tertiary/aromatic N) is 1. The van der Waals surface area contributed by atoms with Gasteiger partial charge in [-0.25, -0.2) is 0 Å². The second kappa shape index (κ2) is 15.0. The molecule has 10 rings (SSSR count). The van der Waals surface area contributed by atoms with Crippen molar-refractivity contribution in [2.75, 3.05) is 4.90 Å². The Hall–Kier alpha value is -7.48. The van der Waals surface area contributed by atoms with Crippen LogP contribution in [0.2, 0.25) is 0 Å². The Balaban J connectivity index is 1.12. The van der Waals surface area contributed by atoms with Crippen LogP contribution in [-0.2, 0) is 0 Å². The highest BCUT2D eigenvalue weighted by atomic mass is 15.1. The largest absolute Gasteiger partial charge is 0.310 e. The van der Waals surface area contributed by atoms with Gasteiger partial charge in [-0.05, 0) is 120 Å². The minimum atomic E-state index is 1.09. The van der Waals surface area contributed by atoms with Crippen molar-refractivity contribution >= 4 is 38.6 Å². The van der Waals surface area contributed by atoms with Crippen molar-refractivity contribution in [3.8, 4) is 55.6 Å². The van der Waals surface area contributed by atoms with Gasteiger partial charge in [0.2, 0.25) is 0 Å². The number of anilines is 3. The van der Waals surface area contributed by atoms with Crippen molar-refractivity contribution in [2.45, 2.75) is 0 Å². The van der Waals surface area contributed by atoms with Crippen LogP contribution in [0.3, 0.4) is 0 Å². The Labute approximate surface area is 334 Å². The summed E-state index contributed by atoms with van der Waals surface area (Å²) >= 11 is 0. The summed E-state index contributed by atoms with van der Waals surface area (Å²) < 4.78 is 0. The van der Waals surface area contributed by atoms with Crippen LogP contribution in [0.15, 0.2) is 237 Å². The summed E-state index contributed by atoms with van der Waals surface area (Å²) in [7, 11) is 0. The SMILES string of the molecule is c1ccc(-c2cccc(-c3ccc(N(c4ccc(-c5ccc6ccccc6c5)cc4)c4cc(-c5ccc6ccccc6c5)ccc4-c4ccccc4)cc3)c2)cc1. The van der Waals surface area contributed by atoms with E-state index in [9.17, 15) is 0 Å². The van der Waals surface area contributed by atoms with Crippen molar-refractivity contribution < 1.29 is 0 Å². The van der Waals surface area contributed by atoms with E-state index in [1.54, 1.807) is 0 Å². The topological polar surface area (TPSA) is 3.24 Å². The Morgan fingerprint density at radius 2 is 0.579 bits per heavy atom. The third-order valence-electron chi connectivity index (χ3n) is 11.0. The van der Waals surface area contributed by atoms with E-state index in [-0.39, 0.29) is 0 Å². The van der Waals surface area contributed by atoms with Crippen LogP contribution < -0.4 is 4.90 Å². The maximum Gasteiger partial charge on any atom is 0.0546 e. The average molecular weight is 726 g/mol. The summed E-state index contributed by atoms with van der Waals surface area (Å²) in [6, 6.07) is 85.8. The molecule has 0 fully saturated rings. The molecule has 10 aromatic carbocycles. The highest BCUT2D eigenvalue weighted by Gasteiger charge is 2.19. The molecule has 1 heteroatoms. The van der Waals surface area contributed by atoms with E-state index in [0.29, 0.717) is 0 Å². The second-order valence-corrected chi connectivity index (χ2v) is 14.6. The Morgan fingerprint density at radius 3 is 1.12 bits per heavy atom. The first-order valence-electron chi connectivity index (χ1n) is 19.6. The van der Waals surface area contributed by atoms with Gasteiger partial charge in [0.25, 0.3) is 0 Å². The molecule has 0 atom stereocenters. The minimum Gasteiger partial charge on any atom is -0.310 e. The molecule has 0 saturated heterocycles. The van der Waals surface area contributed by atoms with Gasteiger partial charge in [0.05, 0.1) is 5.69 Å². The zero-order valence-electron chi connectivity index (χ0n) is 31.5. The van der Waals surface area contributed by atoms with Crippen molar-refractivity contribution in [1.29, 1.82) is 0 Å². The predicted molar refractivity (Wildman–Crippen MR) is 243 cm³/mol. The fraction of sp³-hybridized carbons (Fsp3) is 0. The van der Waals surface area contributed by atoms with Crippen LogP contribution in [0.1, 0.15) is 0 Å². The predicted octanol–water partition coefficient (Wildman–Crippen LogP) is 15.8. The maximum atomic E-state index is 2.42.